The normalized spacial score (nSPS) is 22.9. The molecule has 1 saturated heterocycles. The summed E-state index contributed by atoms with van der Waals surface area (Å²) in [7, 11) is 2.04. The standard InChI is InChI=1S/C17H23NO2/c1-18-16(15-8-5-11-20-15)17(9-12-19-13-10-17)14-6-3-2-4-7-14/h2-4,6-8,16,18H,5,9-13H2,1H3. The minimum Gasteiger partial charge on any atom is -0.496 e. The van der Waals surface area contributed by atoms with Crippen LogP contribution in [-0.4, -0.2) is 32.9 Å². The number of benzene rings is 1. The van der Waals surface area contributed by atoms with Gasteiger partial charge in [0.1, 0.15) is 5.76 Å². The van der Waals surface area contributed by atoms with Gasteiger partial charge in [0.25, 0.3) is 0 Å². The minimum atomic E-state index is 0.0738. The van der Waals surface area contributed by atoms with Gasteiger partial charge >= 0.3 is 0 Å². The van der Waals surface area contributed by atoms with Crippen molar-refractivity contribution in [3.63, 3.8) is 0 Å². The molecule has 0 aromatic heterocycles. The van der Waals surface area contributed by atoms with Crippen LogP contribution in [0.25, 0.3) is 0 Å². The molecule has 0 amide bonds. The first kappa shape index (κ1) is 13.7. The maximum absolute atomic E-state index is 5.86. The fourth-order valence-electron chi connectivity index (χ4n) is 3.58. The number of rotatable bonds is 4. The Labute approximate surface area is 121 Å². The predicted octanol–water partition coefficient (Wildman–Crippen LogP) is 2.63. The number of ether oxygens (including phenoxy) is 2. The Balaban J connectivity index is 2.00. The highest BCUT2D eigenvalue weighted by Crippen LogP contribution is 2.41. The summed E-state index contributed by atoms with van der Waals surface area (Å²) in [5.41, 5.74) is 1.46. The van der Waals surface area contributed by atoms with Gasteiger partial charge in [-0.2, -0.15) is 0 Å². The second-order valence-electron chi connectivity index (χ2n) is 5.60. The number of nitrogens with one attached hydrogen (secondary N) is 1. The Morgan fingerprint density at radius 1 is 1.10 bits per heavy atom. The van der Waals surface area contributed by atoms with Crippen LogP contribution >= 0.6 is 0 Å². The highest BCUT2D eigenvalue weighted by molar-refractivity contribution is 5.33. The third kappa shape index (κ3) is 2.36. The van der Waals surface area contributed by atoms with Crippen LogP contribution in [0.15, 0.2) is 42.2 Å². The van der Waals surface area contributed by atoms with Crippen molar-refractivity contribution in [3.8, 4) is 0 Å². The molecule has 3 nitrogen and oxygen atoms in total. The molecule has 2 heterocycles. The molecule has 0 aliphatic carbocycles. The fourth-order valence-corrected chi connectivity index (χ4v) is 3.58. The van der Waals surface area contributed by atoms with E-state index in [4.69, 9.17) is 9.47 Å². The molecule has 108 valence electrons. The van der Waals surface area contributed by atoms with Crippen molar-refractivity contribution in [2.75, 3.05) is 26.9 Å². The molecule has 0 saturated carbocycles. The number of likely N-dealkylation sites (N-methyl/N-ethyl adjacent to an activating group) is 1. The van der Waals surface area contributed by atoms with Crippen molar-refractivity contribution in [2.45, 2.75) is 30.7 Å². The molecular formula is C17H23NO2. The second kappa shape index (κ2) is 5.98. The van der Waals surface area contributed by atoms with Gasteiger partial charge in [-0.3, -0.25) is 0 Å². The van der Waals surface area contributed by atoms with Crippen molar-refractivity contribution in [2.24, 2.45) is 0 Å². The summed E-state index contributed by atoms with van der Waals surface area (Å²) in [6.07, 6.45) is 5.32. The highest BCUT2D eigenvalue weighted by atomic mass is 16.5. The van der Waals surface area contributed by atoms with E-state index in [1.807, 2.05) is 7.05 Å². The van der Waals surface area contributed by atoms with E-state index in [0.29, 0.717) is 0 Å². The van der Waals surface area contributed by atoms with Gasteiger partial charge < -0.3 is 14.8 Å². The molecule has 1 fully saturated rings. The summed E-state index contributed by atoms with van der Waals surface area (Å²) in [6, 6.07) is 11.1. The first-order chi connectivity index (χ1) is 9.87. The molecule has 1 N–H and O–H groups in total. The van der Waals surface area contributed by atoms with E-state index in [1.54, 1.807) is 0 Å². The summed E-state index contributed by atoms with van der Waals surface area (Å²) < 4.78 is 11.5. The predicted molar refractivity (Wildman–Crippen MR) is 79.7 cm³/mol. The quantitative estimate of drug-likeness (QED) is 0.915. The molecule has 1 aromatic carbocycles. The molecule has 1 atom stereocenters. The zero-order valence-corrected chi connectivity index (χ0v) is 12.1. The Hall–Kier alpha value is -1.32. The van der Waals surface area contributed by atoms with Crippen LogP contribution in [-0.2, 0) is 14.9 Å². The molecule has 0 radical (unpaired) electrons. The maximum Gasteiger partial charge on any atom is 0.110 e. The lowest BCUT2D eigenvalue weighted by Crippen LogP contribution is -2.51. The van der Waals surface area contributed by atoms with E-state index in [9.17, 15) is 0 Å². The molecule has 20 heavy (non-hydrogen) atoms. The van der Waals surface area contributed by atoms with Crippen molar-refractivity contribution in [1.29, 1.82) is 0 Å². The van der Waals surface area contributed by atoms with Crippen LogP contribution in [0.2, 0.25) is 0 Å². The first-order valence-corrected chi connectivity index (χ1v) is 7.50. The molecule has 3 heteroatoms. The van der Waals surface area contributed by atoms with E-state index < -0.39 is 0 Å². The maximum atomic E-state index is 5.86. The Bertz CT molecular complexity index is 463. The summed E-state index contributed by atoms with van der Waals surface area (Å²) >= 11 is 0. The molecule has 3 rings (SSSR count). The zero-order valence-electron chi connectivity index (χ0n) is 12.1. The third-order valence-electron chi connectivity index (χ3n) is 4.59. The Morgan fingerprint density at radius 3 is 2.45 bits per heavy atom. The van der Waals surface area contributed by atoms with E-state index >= 15 is 0 Å². The van der Waals surface area contributed by atoms with Crippen LogP contribution in [0.5, 0.6) is 0 Å². The molecular weight excluding hydrogens is 250 g/mol. The van der Waals surface area contributed by atoms with Gasteiger partial charge in [0, 0.05) is 25.0 Å². The van der Waals surface area contributed by atoms with Gasteiger partial charge in [-0.25, -0.2) is 0 Å². The van der Waals surface area contributed by atoms with Crippen molar-refractivity contribution in [1.82, 2.24) is 5.32 Å². The fraction of sp³-hybridized carbons (Fsp3) is 0.529. The summed E-state index contributed by atoms with van der Waals surface area (Å²) in [6.45, 7) is 2.45. The molecule has 0 bridgehead atoms. The van der Waals surface area contributed by atoms with Crippen LogP contribution in [0.1, 0.15) is 24.8 Å². The highest BCUT2D eigenvalue weighted by Gasteiger charge is 2.44. The van der Waals surface area contributed by atoms with Gasteiger partial charge in [-0.05, 0) is 31.5 Å². The average molecular weight is 273 g/mol. The zero-order chi connectivity index (χ0) is 13.8. The molecule has 1 unspecified atom stereocenters. The van der Waals surface area contributed by atoms with Crippen molar-refractivity contribution < 1.29 is 9.47 Å². The minimum absolute atomic E-state index is 0.0738. The number of hydrogen-bond donors (Lipinski definition) is 1. The van der Waals surface area contributed by atoms with Crippen LogP contribution in [0, 0.1) is 0 Å². The van der Waals surface area contributed by atoms with Crippen molar-refractivity contribution >= 4 is 0 Å². The van der Waals surface area contributed by atoms with E-state index in [2.05, 4.69) is 41.7 Å². The summed E-state index contributed by atoms with van der Waals surface area (Å²) in [5.74, 6) is 1.11. The third-order valence-corrected chi connectivity index (χ3v) is 4.59. The van der Waals surface area contributed by atoms with E-state index in [1.165, 1.54) is 5.56 Å². The largest absolute Gasteiger partial charge is 0.496 e. The molecule has 2 aliphatic rings. The van der Waals surface area contributed by atoms with E-state index in [0.717, 1.165) is 44.8 Å². The van der Waals surface area contributed by atoms with Gasteiger partial charge in [0.2, 0.25) is 0 Å². The van der Waals surface area contributed by atoms with Gasteiger partial charge in [-0.15, -0.1) is 0 Å². The summed E-state index contributed by atoms with van der Waals surface area (Å²) in [4.78, 5) is 0. The lowest BCUT2D eigenvalue weighted by molar-refractivity contribution is 0.0318. The lowest BCUT2D eigenvalue weighted by atomic mass is 9.68. The monoisotopic (exact) mass is 273 g/mol. The van der Waals surface area contributed by atoms with E-state index in [-0.39, 0.29) is 11.5 Å². The average Bonchev–Trinajstić information content (AvgIpc) is 3.04. The first-order valence-electron chi connectivity index (χ1n) is 7.50. The smallest absolute Gasteiger partial charge is 0.110 e. The van der Waals surface area contributed by atoms with Crippen LogP contribution < -0.4 is 5.32 Å². The summed E-state index contributed by atoms with van der Waals surface area (Å²) in [5, 5.41) is 3.50. The Morgan fingerprint density at radius 2 is 1.85 bits per heavy atom. The van der Waals surface area contributed by atoms with Gasteiger partial charge in [-0.1, -0.05) is 30.3 Å². The molecule has 1 aromatic rings. The van der Waals surface area contributed by atoms with Crippen LogP contribution in [0.3, 0.4) is 0 Å². The van der Waals surface area contributed by atoms with Crippen molar-refractivity contribution in [3.05, 3.63) is 47.7 Å². The Kier molecular flexibility index (Phi) is 4.08. The molecule has 2 aliphatic heterocycles. The van der Waals surface area contributed by atoms with Crippen LogP contribution in [0.4, 0.5) is 0 Å². The lowest BCUT2D eigenvalue weighted by Gasteiger charge is -2.44. The van der Waals surface area contributed by atoms with Gasteiger partial charge in [0.15, 0.2) is 0 Å². The molecule has 0 spiro atoms. The topological polar surface area (TPSA) is 30.5 Å². The van der Waals surface area contributed by atoms with Gasteiger partial charge in [0.05, 0.1) is 12.6 Å². The second-order valence-corrected chi connectivity index (χ2v) is 5.60. The number of hydrogen-bond acceptors (Lipinski definition) is 3. The SMILES string of the molecule is CNC(C1=CCCO1)C1(c2ccccc2)CCOCC1.